The first kappa shape index (κ1) is 13.6. The molecule has 4 aliphatic rings. The summed E-state index contributed by atoms with van der Waals surface area (Å²) >= 11 is 0. The average molecular weight is 307 g/mol. The van der Waals surface area contributed by atoms with Crippen LogP contribution in [-0.4, -0.2) is 59.3 Å². The molecule has 3 N–H and O–H groups in total. The molecule has 1 aliphatic carbocycles. The zero-order chi connectivity index (χ0) is 15.4. The minimum Gasteiger partial charge on any atom is -0.477 e. The van der Waals surface area contributed by atoms with E-state index in [0.29, 0.717) is 18.5 Å². The molecule has 3 aliphatic heterocycles. The van der Waals surface area contributed by atoms with Crippen molar-refractivity contribution in [3.8, 4) is 0 Å². The van der Waals surface area contributed by atoms with Gasteiger partial charge in [0.1, 0.15) is 18.3 Å². The van der Waals surface area contributed by atoms with E-state index in [2.05, 4.69) is 10.6 Å². The van der Waals surface area contributed by atoms with Crippen LogP contribution < -0.4 is 10.6 Å². The molecule has 0 aromatic heterocycles. The lowest BCUT2D eigenvalue weighted by Gasteiger charge is -2.48. The van der Waals surface area contributed by atoms with Crippen molar-refractivity contribution in [2.45, 2.75) is 37.4 Å². The van der Waals surface area contributed by atoms with Gasteiger partial charge in [-0.2, -0.15) is 0 Å². The second-order valence-electron chi connectivity index (χ2n) is 6.30. The monoisotopic (exact) mass is 307 g/mol. The smallest absolute Gasteiger partial charge is 0.407 e. The van der Waals surface area contributed by atoms with Crippen LogP contribution in [0.25, 0.3) is 0 Å². The maximum Gasteiger partial charge on any atom is 0.407 e. The molecule has 8 heteroatoms. The van der Waals surface area contributed by atoms with Crippen molar-refractivity contribution in [2.24, 2.45) is 5.92 Å². The van der Waals surface area contributed by atoms with Crippen molar-refractivity contribution < 1.29 is 24.2 Å². The van der Waals surface area contributed by atoms with E-state index in [0.717, 1.165) is 12.8 Å². The SMILES string of the molecule is O=C(NC1CC1)OCC1=C(C(=O)O)N2C(=O)[C@H]3NC[C@@H](C1)[C@H]32. The molecule has 22 heavy (non-hydrogen) atoms. The Bertz CT molecular complexity index is 597. The molecule has 3 heterocycles. The van der Waals surface area contributed by atoms with Crippen LogP contribution in [0.4, 0.5) is 4.79 Å². The van der Waals surface area contributed by atoms with E-state index < -0.39 is 12.1 Å². The second-order valence-corrected chi connectivity index (χ2v) is 6.30. The summed E-state index contributed by atoms with van der Waals surface area (Å²) in [5, 5.41) is 15.2. The molecule has 2 amide bonds. The highest BCUT2D eigenvalue weighted by Crippen LogP contribution is 2.43. The Kier molecular flexibility index (Phi) is 2.90. The lowest BCUT2D eigenvalue weighted by molar-refractivity contribution is -0.153. The number of alkyl carbamates (subject to hydrolysis) is 1. The predicted octanol–water partition coefficient (Wildman–Crippen LogP) is -0.584. The van der Waals surface area contributed by atoms with Crippen molar-refractivity contribution in [1.29, 1.82) is 0 Å². The standard InChI is InChI=1S/C14H17N3O5/c18-12-9-10-6(4-15-9)3-7(11(13(19)20)17(10)12)5-22-14(21)16-8-1-2-8/h6,8-10,15H,1-5H2,(H,16,21)(H,19,20)/t6-,9+,10-/m1/s1. The van der Waals surface area contributed by atoms with Gasteiger partial charge in [-0.15, -0.1) is 0 Å². The van der Waals surface area contributed by atoms with E-state index in [-0.39, 0.29) is 42.3 Å². The summed E-state index contributed by atoms with van der Waals surface area (Å²) in [6.07, 6.45) is 1.92. The Balaban J connectivity index is 1.52. The lowest BCUT2D eigenvalue weighted by Crippen LogP contribution is -2.68. The number of aliphatic carboxylic acids is 1. The fourth-order valence-corrected chi connectivity index (χ4v) is 3.61. The first-order valence-electron chi connectivity index (χ1n) is 7.51. The molecule has 2 saturated heterocycles. The molecule has 0 aromatic carbocycles. The van der Waals surface area contributed by atoms with E-state index in [1.807, 2.05) is 0 Å². The Morgan fingerprint density at radius 3 is 2.86 bits per heavy atom. The zero-order valence-corrected chi connectivity index (χ0v) is 11.9. The number of ether oxygens (including phenoxy) is 1. The van der Waals surface area contributed by atoms with Gasteiger partial charge in [0.2, 0.25) is 5.91 Å². The minimum absolute atomic E-state index is 0.00887. The van der Waals surface area contributed by atoms with Crippen LogP contribution in [0.3, 0.4) is 0 Å². The number of carbonyl (C=O) groups excluding carboxylic acids is 2. The predicted molar refractivity (Wildman–Crippen MR) is 72.7 cm³/mol. The third-order valence-electron chi connectivity index (χ3n) is 4.79. The Labute approximate surface area is 126 Å². The summed E-state index contributed by atoms with van der Waals surface area (Å²) in [4.78, 5) is 36.5. The van der Waals surface area contributed by atoms with E-state index in [9.17, 15) is 19.5 Å². The number of amides is 2. The summed E-state index contributed by atoms with van der Waals surface area (Å²) in [7, 11) is 0. The molecule has 0 spiro atoms. The van der Waals surface area contributed by atoms with E-state index >= 15 is 0 Å². The van der Waals surface area contributed by atoms with Gasteiger partial charge in [0.15, 0.2) is 0 Å². The fourth-order valence-electron chi connectivity index (χ4n) is 3.61. The van der Waals surface area contributed by atoms with Crippen LogP contribution in [0, 0.1) is 5.92 Å². The van der Waals surface area contributed by atoms with Gasteiger partial charge >= 0.3 is 12.1 Å². The van der Waals surface area contributed by atoms with Crippen molar-refractivity contribution in [3.05, 3.63) is 11.3 Å². The van der Waals surface area contributed by atoms with Gasteiger partial charge in [0.05, 0.1) is 6.04 Å². The molecule has 0 bridgehead atoms. The Morgan fingerprint density at radius 2 is 2.18 bits per heavy atom. The second kappa shape index (κ2) is 4.70. The molecular weight excluding hydrogens is 290 g/mol. The first-order valence-corrected chi connectivity index (χ1v) is 7.51. The number of hydrogen-bond acceptors (Lipinski definition) is 5. The summed E-state index contributed by atoms with van der Waals surface area (Å²) in [5.41, 5.74) is 0.501. The van der Waals surface area contributed by atoms with Gasteiger partial charge in [0.25, 0.3) is 0 Å². The highest BCUT2D eigenvalue weighted by Gasteiger charge is 2.59. The van der Waals surface area contributed by atoms with Crippen molar-refractivity contribution >= 4 is 18.0 Å². The fraction of sp³-hybridized carbons (Fsp3) is 0.643. The van der Waals surface area contributed by atoms with Crippen LogP contribution in [-0.2, 0) is 14.3 Å². The molecule has 1 saturated carbocycles. The van der Waals surface area contributed by atoms with Crippen LogP contribution in [0.15, 0.2) is 11.3 Å². The normalized spacial score (nSPS) is 32.5. The third kappa shape index (κ3) is 1.98. The van der Waals surface area contributed by atoms with Crippen molar-refractivity contribution in [3.63, 3.8) is 0 Å². The summed E-state index contributed by atoms with van der Waals surface area (Å²) in [6.45, 7) is 0.597. The largest absolute Gasteiger partial charge is 0.477 e. The maximum atomic E-state index is 12.1. The number of nitrogens with zero attached hydrogens (tertiary/aromatic N) is 1. The van der Waals surface area contributed by atoms with E-state index in [1.165, 1.54) is 4.90 Å². The molecule has 118 valence electrons. The number of carboxylic acid groups (broad SMARTS) is 1. The first-order chi connectivity index (χ1) is 10.6. The highest BCUT2D eigenvalue weighted by atomic mass is 16.5. The summed E-state index contributed by atoms with van der Waals surface area (Å²) in [6, 6.07) is -0.129. The minimum atomic E-state index is -1.14. The third-order valence-corrected chi connectivity index (χ3v) is 4.79. The van der Waals surface area contributed by atoms with Crippen LogP contribution >= 0.6 is 0 Å². The molecule has 0 radical (unpaired) electrons. The average Bonchev–Trinajstić information content (AvgIpc) is 3.19. The van der Waals surface area contributed by atoms with E-state index in [1.54, 1.807) is 0 Å². The quantitative estimate of drug-likeness (QED) is 0.600. The van der Waals surface area contributed by atoms with Gasteiger partial charge in [-0.05, 0) is 30.8 Å². The van der Waals surface area contributed by atoms with Gasteiger partial charge in [-0.25, -0.2) is 9.59 Å². The summed E-state index contributed by atoms with van der Waals surface area (Å²) in [5.74, 6) is -1.15. The van der Waals surface area contributed by atoms with Crippen molar-refractivity contribution in [1.82, 2.24) is 15.5 Å². The number of carboxylic acids is 1. The molecule has 8 nitrogen and oxygen atoms in total. The topological polar surface area (TPSA) is 108 Å². The zero-order valence-electron chi connectivity index (χ0n) is 11.9. The van der Waals surface area contributed by atoms with Gasteiger partial charge in [-0.1, -0.05) is 0 Å². The van der Waals surface area contributed by atoms with Gasteiger partial charge in [-0.3, -0.25) is 9.69 Å². The molecule has 4 rings (SSSR count). The number of hydrogen-bond donors (Lipinski definition) is 3. The molecule has 3 atom stereocenters. The lowest BCUT2D eigenvalue weighted by atomic mass is 9.79. The van der Waals surface area contributed by atoms with Crippen LogP contribution in [0.2, 0.25) is 0 Å². The molecular formula is C14H17N3O5. The van der Waals surface area contributed by atoms with E-state index in [4.69, 9.17) is 4.74 Å². The van der Waals surface area contributed by atoms with Crippen LogP contribution in [0.1, 0.15) is 19.3 Å². The Morgan fingerprint density at radius 1 is 1.41 bits per heavy atom. The number of rotatable bonds is 4. The number of β-lactam (4-membered cyclic amide) rings is 1. The van der Waals surface area contributed by atoms with Gasteiger partial charge < -0.3 is 20.5 Å². The van der Waals surface area contributed by atoms with Crippen LogP contribution in [0.5, 0.6) is 0 Å². The number of nitrogens with one attached hydrogen (secondary N) is 2. The van der Waals surface area contributed by atoms with Gasteiger partial charge in [0, 0.05) is 12.6 Å². The Hall–Kier alpha value is -2.09. The van der Waals surface area contributed by atoms with Crippen molar-refractivity contribution in [2.75, 3.05) is 13.2 Å². The maximum absolute atomic E-state index is 12.1. The highest BCUT2D eigenvalue weighted by molar-refractivity contribution is 6.00. The summed E-state index contributed by atoms with van der Waals surface area (Å²) < 4.78 is 5.13. The molecule has 0 aromatic rings. The number of carbonyl (C=O) groups is 3. The molecule has 0 unspecified atom stereocenters. The molecule has 3 fully saturated rings.